The van der Waals surface area contributed by atoms with Crippen molar-refractivity contribution in [1.82, 2.24) is 10.2 Å². The van der Waals surface area contributed by atoms with Crippen LogP contribution < -0.4 is 5.32 Å². The number of esters is 1. The molecule has 4 heteroatoms. The van der Waals surface area contributed by atoms with Gasteiger partial charge in [-0.15, -0.1) is 0 Å². The highest BCUT2D eigenvalue weighted by Gasteiger charge is 2.35. The number of nitrogens with zero attached hydrogens (tertiary/aromatic N) is 1. The van der Waals surface area contributed by atoms with Crippen LogP contribution in [0.5, 0.6) is 0 Å². The molecule has 0 radical (unpaired) electrons. The lowest BCUT2D eigenvalue weighted by Gasteiger charge is -2.44. The number of unbranched alkanes of at least 4 members (excludes halogenated alkanes) is 6. The molecule has 0 aromatic carbocycles. The molecule has 0 amide bonds. The second-order valence-corrected chi connectivity index (χ2v) is 9.93. The topological polar surface area (TPSA) is 41.6 Å². The third kappa shape index (κ3) is 9.43. The summed E-state index contributed by atoms with van der Waals surface area (Å²) in [5, 5.41) is 3.61. The lowest BCUT2D eigenvalue weighted by Crippen LogP contribution is -2.48. The van der Waals surface area contributed by atoms with Crippen molar-refractivity contribution >= 4 is 5.97 Å². The van der Waals surface area contributed by atoms with Crippen LogP contribution in [0.4, 0.5) is 0 Å². The lowest BCUT2D eigenvalue weighted by atomic mass is 9.73. The van der Waals surface area contributed by atoms with Crippen LogP contribution in [0.3, 0.4) is 0 Å². The fourth-order valence-electron chi connectivity index (χ4n) is 4.59. The Morgan fingerprint density at radius 1 is 0.963 bits per heavy atom. The standard InChI is InChI=1S/C23H44N2O2/c1-22(2,3)27-21(26)12-9-7-5-4-6-8-10-17-25-18-14-23(15-19-25)13-11-16-24-20-23/h24H,4-20H2,1-3H3. The van der Waals surface area contributed by atoms with Gasteiger partial charge < -0.3 is 15.0 Å². The first-order valence-electron chi connectivity index (χ1n) is 11.5. The maximum absolute atomic E-state index is 11.7. The van der Waals surface area contributed by atoms with Gasteiger partial charge in [-0.05, 0) is 90.9 Å². The predicted octanol–water partition coefficient (Wildman–Crippen LogP) is 4.91. The van der Waals surface area contributed by atoms with Crippen LogP contribution in [0.2, 0.25) is 0 Å². The minimum Gasteiger partial charge on any atom is -0.460 e. The van der Waals surface area contributed by atoms with Crippen LogP contribution >= 0.6 is 0 Å². The summed E-state index contributed by atoms with van der Waals surface area (Å²) < 4.78 is 5.34. The van der Waals surface area contributed by atoms with E-state index in [0.717, 1.165) is 12.8 Å². The molecular formula is C23H44N2O2. The number of carbonyl (C=O) groups is 1. The van der Waals surface area contributed by atoms with Crippen LogP contribution in [0.15, 0.2) is 0 Å². The minimum absolute atomic E-state index is 0.0465. The Balaban J connectivity index is 1.38. The molecule has 2 rings (SSSR count). The molecular weight excluding hydrogens is 336 g/mol. The summed E-state index contributed by atoms with van der Waals surface area (Å²) in [6.07, 6.45) is 14.9. The highest BCUT2D eigenvalue weighted by Crippen LogP contribution is 2.37. The summed E-state index contributed by atoms with van der Waals surface area (Å²) in [6.45, 7) is 12.2. The van der Waals surface area contributed by atoms with Gasteiger partial charge in [-0.25, -0.2) is 0 Å². The number of hydrogen-bond donors (Lipinski definition) is 1. The third-order valence-corrected chi connectivity index (χ3v) is 6.25. The predicted molar refractivity (Wildman–Crippen MR) is 113 cm³/mol. The van der Waals surface area contributed by atoms with Crippen molar-refractivity contribution in [2.75, 3.05) is 32.7 Å². The summed E-state index contributed by atoms with van der Waals surface area (Å²) in [4.78, 5) is 14.3. The van der Waals surface area contributed by atoms with Gasteiger partial charge in [-0.2, -0.15) is 0 Å². The summed E-state index contributed by atoms with van der Waals surface area (Å²) in [7, 11) is 0. The van der Waals surface area contributed by atoms with Gasteiger partial charge in [-0.1, -0.05) is 32.1 Å². The second-order valence-electron chi connectivity index (χ2n) is 9.93. The third-order valence-electron chi connectivity index (χ3n) is 6.25. The molecule has 2 fully saturated rings. The number of piperidine rings is 2. The summed E-state index contributed by atoms with van der Waals surface area (Å²) >= 11 is 0. The number of nitrogens with one attached hydrogen (secondary N) is 1. The van der Waals surface area contributed by atoms with Crippen molar-refractivity contribution < 1.29 is 9.53 Å². The lowest BCUT2D eigenvalue weighted by molar-refractivity contribution is -0.154. The molecule has 2 aliphatic rings. The first-order chi connectivity index (χ1) is 12.9. The number of likely N-dealkylation sites (tertiary alicyclic amines) is 1. The molecule has 2 saturated heterocycles. The van der Waals surface area contributed by atoms with Gasteiger partial charge in [-0.3, -0.25) is 4.79 Å². The van der Waals surface area contributed by atoms with Gasteiger partial charge in [0, 0.05) is 13.0 Å². The number of hydrogen-bond acceptors (Lipinski definition) is 4. The van der Waals surface area contributed by atoms with E-state index < -0.39 is 0 Å². The zero-order valence-corrected chi connectivity index (χ0v) is 18.3. The minimum atomic E-state index is -0.348. The highest BCUT2D eigenvalue weighted by atomic mass is 16.6. The van der Waals surface area contributed by atoms with Crippen LogP contribution in [-0.4, -0.2) is 49.2 Å². The first-order valence-corrected chi connectivity index (χ1v) is 11.5. The van der Waals surface area contributed by atoms with Crippen molar-refractivity contribution in [3.8, 4) is 0 Å². The van der Waals surface area contributed by atoms with Gasteiger partial charge in [0.2, 0.25) is 0 Å². The van der Waals surface area contributed by atoms with Crippen molar-refractivity contribution in [2.45, 2.75) is 103 Å². The van der Waals surface area contributed by atoms with E-state index in [1.165, 1.54) is 90.5 Å². The molecule has 0 saturated carbocycles. The fourth-order valence-corrected chi connectivity index (χ4v) is 4.59. The Morgan fingerprint density at radius 2 is 1.59 bits per heavy atom. The monoisotopic (exact) mass is 380 g/mol. The fraction of sp³-hybridized carbons (Fsp3) is 0.957. The summed E-state index contributed by atoms with van der Waals surface area (Å²) in [6, 6.07) is 0. The zero-order valence-electron chi connectivity index (χ0n) is 18.3. The van der Waals surface area contributed by atoms with Gasteiger partial charge >= 0.3 is 5.97 Å². The van der Waals surface area contributed by atoms with E-state index in [9.17, 15) is 4.79 Å². The molecule has 0 aliphatic carbocycles. The molecule has 1 N–H and O–H groups in total. The first kappa shape index (κ1) is 22.7. The van der Waals surface area contributed by atoms with Crippen molar-refractivity contribution in [2.24, 2.45) is 5.41 Å². The van der Waals surface area contributed by atoms with Crippen LogP contribution in [-0.2, 0) is 9.53 Å². The average Bonchev–Trinajstić information content (AvgIpc) is 2.61. The van der Waals surface area contributed by atoms with Crippen molar-refractivity contribution in [1.29, 1.82) is 0 Å². The quantitative estimate of drug-likeness (QED) is 0.432. The van der Waals surface area contributed by atoms with Gasteiger partial charge in [0.1, 0.15) is 5.60 Å². The van der Waals surface area contributed by atoms with Gasteiger partial charge in [0.15, 0.2) is 0 Å². The van der Waals surface area contributed by atoms with Crippen LogP contribution in [0.25, 0.3) is 0 Å². The van der Waals surface area contributed by atoms with Gasteiger partial charge in [0.25, 0.3) is 0 Å². The van der Waals surface area contributed by atoms with E-state index in [4.69, 9.17) is 4.74 Å². The van der Waals surface area contributed by atoms with Crippen LogP contribution in [0.1, 0.15) is 97.8 Å². The molecule has 158 valence electrons. The summed E-state index contributed by atoms with van der Waals surface area (Å²) in [5.74, 6) is -0.0465. The zero-order chi connectivity index (χ0) is 19.6. The largest absolute Gasteiger partial charge is 0.460 e. The van der Waals surface area contributed by atoms with E-state index in [0.29, 0.717) is 11.8 Å². The molecule has 1 spiro atoms. The maximum Gasteiger partial charge on any atom is 0.306 e. The summed E-state index contributed by atoms with van der Waals surface area (Å²) in [5.41, 5.74) is 0.285. The highest BCUT2D eigenvalue weighted by molar-refractivity contribution is 5.69. The Hall–Kier alpha value is -0.610. The Labute approximate surface area is 167 Å². The normalized spacial score (nSPS) is 20.7. The van der Waals surface area contributed by atoms with E-state index in [1.54, 1.807) is 0 Å². The van der Waals surface area contributed by atoms with E-state index in [2.05, 4.69) is 10.2 Å². The molecule has 0 aromatic rings. The van der Waals surface area contributed by atoms with Crippen LogP contribution in [0, 0.1) is 5.41 Å². The number of rotatable bonds is 10. The Kier molecular flexibility index (Phi) is 9.58. The average molecular weight is 381 g/mol. The Bertz CT molecular complexity index is 415. The molecule has 0 aromatic heterocycles. The Morgan fingerprint density at radius 3 is 2.19 bits per heavy atom. The molecule has 2 aliphatic heterocycles. The molecule has 0 unspecified atom stereocenters. The van der Waals surface area contributed by atoms with Crippen molar-refractivity contribution in [3.63, 3.8) is 0 Å². The molecule has 0 bridgehead atoms. The number of ether oxygens (including phenoxy) is 1. The molecule has 2 heterocycles. The molecule has 27 heavy (non-hydrogen) atoms. The van der Waals surface area contributed by atoms with Crippen molar-refractivity contribution in [3.05, 3.63) is 0 Å². The smallest absolute Gasteiger partial charge is 0.306 e. The van der Waals surface area contributed by atoms with E-state index in [1.807, 2.05) is 20.8 Å². The SMILES string of the molecule is CC(C)(C)OC(=O)CCCCCCCCCN1CCC2(CCCNC2)CC1. The second kappa shape index (κ2) is 11.4. The number of carbonyl (C=O) groups excluding carboxylic acids is 1. The van der Waals surface area contributed by atoms with E-state index >= 15 is 0 Å². The molecule has 0 atom stereocenters. The van der Waals surface area contributed by atoms with E-state index in [-0.39, 0.29) is 11.6 Å². The van der Waals surface area contributed by atoms with Gasteiger partial charge in [0.05, 0.1) is 0 Å². The maximum atomic E-state index is 11.7. The molecule has 4 nitrogen and oxygen atoms in total.